The summed E-state index contributed by atoms with van der Waals surface area (Å²) in [4.78, 5) is 62.9. The van der Waals surface area contributed by atoms with Gasteiger partial charge < -0.3 is 34.5 Å². The SMILES string of the molecule is CC(C)(C)OC(=O)CC(NC(=O)c1cccc(O)c1OCCCc1cc(NC(=O)OC(C)(C)C)ccc1C(=O)O)C(=O)OC(C)(C)C. The van der Waals surface area contributed by atoms with Crippen LogP contribution in [-0.4, -0.2) is 69.6 Å². The molecule has 47 heavy (non-hydrogen) atoms. The van der Waals surface area contributed by atoms with Crippen molar-refractivity contribution in [2.75, 3.05) is 11.9 Å². The maximum atomic E-state index is 13.4. The molecule has 0 radical (unpaired) electrons. The van der Waals surface area contributed by atoms with Gasteiger partial charge in [-0.2, -0.15) is 0 Å². The first kappa shape index (κ1) is 38.4. The lowest BCUT2D eigenvalue weighted by Crippen LogP contribution is -2.46. The van der Waals surface area contributed by atoms with Gasteiger partial charge >= 0.3 is 24.0 Å². The van der Waals surface area contributed by atoms with Crippen molar-refractivity contribution in [3.63, 3.8) is 0 Å². The summed E-state index contributed by atoms with van der Waals surface area (Å²) in [5.74, 6) is -4.08. The zero-order chi connectivity index (χ0) is 35.7. The van der Waals surface area contributed by atoms with Crippen LogP contribution in [0.25, 0.3) is 0 Å². The largest absolute Gasteiger partial charge is 0.504 e. The number of carboxylic acid groups (broad SMARTS) is 1. The molecule has 0 aliphatic carbocycles. The molecule has 0 aliphatic heterocycles. The van der Waals surface area contributed by atoms with Crippen LogP contribution in [0.3, 0.4) is 0 Å². The molecule has 13 nitrogen and oxygen atoms in total. The predicted molar refractivity (Wildman–Crippen MR) is 173 cm³/mol. The Morgan fingerprint density at radius 1 is 0.809 bits per heavy atom. The van der Waals surface area contributed by atoms with Crippen molar-refractivity contribution in [3.8, 4) is 11.5 Å². The summed E-state index contributed by atoms with van der Waals surface area (Å²) in [6, 6.07) is 7.04. The molecule has 2 aromatic rings. The number of hydrogen-bond acceptors (Lipinski definition) is 10. The topological polar surface area (TPSA) is 187 Å². The van der Waals surface area contributed by atoms with Crippen LogP contribution >= 0.6 is 0 Å². The minimum absolute atomic E-state index is 0.0283. The highest BCUT2D eigenvalue weighted by Gasteiger charge is 2.32. The molecule has 258 valence electrons. The number of carbonyl (C=O) groups excluding carboxylic acids is 4. The summed E-state index contributed by atoms with van der Waals surface area (Å²) < 4.78 is 21.8. The number of anilines is 1. The standard InChI is InChI=1S/C34H46N2O11/c1-32(2,3)45-26(38)19-24(30(42)46-33(4,5)6)36-28(39)23-13-10-14-25(37)27(23)44-17-11-12-20-18-21(15-16-22(20)29(40)41)35-31(43)47-34(7,8)9/h10,13-16,18,24,37H,11-12,17,19H2,1-9H3,(H,35,43)(H,36,39)(H,40,41). The van der Waals surface area contributed by atoms with Gasteiger partial charge in [-0.15, -0.1) is 0 Å². The van der Waals surface area contributed by atoms with E-state index < -0.39 is 59.2 Å². The minimum Gasteiger partial charge on any atom is -0.504 e. The molecule has 1 atom stereocenters. The van der Waals surface area contributed by atoms with E-state index in [1.165, 1.54) is 36.4 Å². The Balaban J connectivity index is 2.20. The zero-order valence-electron chi connectivity index (χ0n) is 28.4. The third-order valence-electron chi connectivity index (χ3n) is 5.84. The number of carbonyl (C=O) groups is 5. The summed E-state index contributed by atoms with van der Waals surface area (Å²) in [5, 5.41) is 25.3. The molecule has 4 N–H and O–H groups in total. The van der Waals surface area contributed by atoms with Crippen LogP contribution in [0.2, 0.25) is 0 Å². The van der Waals surface area contributed by atoms with E-state index >= 15 is 0 Å². The van der Waals surface area contributed by atoms with Crippen LogP contribution in [-0.2, 0) is 30.2 Å². The van der Waals surface area contributed by atoms with Gasteiger partial charge in [0.2, 0.25) is 0 Å². The summed E-state index contributed by atoms with van der Waals surface area (Å²) in [6.45, 7) is 15.0. The highest BCUT2D eigenvalue weighted by molar-refractivity contribution is 6.00. The first-order valence-electron chi connectivity index (χ1n) is 15.1. The number of esters is 2. The van der Waals surface area contributed by atoms with Crippen molar-refractivity contribution in [1.29, 1.82) is 0 Å². The van der Waals surface area contributed by atoms with Gasteiger partial charge in [-0.25, -0.2) is 14.4 Å². The van der Waals surface area contributed by atoms with E-state index in [0.717, 1.165) is 0 Å². The van der Waals surface area contributed by atoms with Gasteiger partial charge in [0.05, 0.1) is 24.2 Å². The smallest absolute Gasteiger partial charge is 0.412 e. The highest BCUT2D eigenvalue weighted by atomic mass is 16.6. The minimum atomic E-state index is -1.40. The maximum Gasteiger partial charge on any atom is 0.412 e. The van der Waals surface area contributed by atoms with Crippen molar-refractivity contribution in [1.82, 2.24) is 5.32 Å². The molecule has 13 heteroatoms. The second-order valence-corrected chi connectivity index (χ2v) is 13.8. The van der Waals surface area contributed by atoms with E-state index in [-0.39, 0.29) is 42.1 Å². The Kier molecular flexibility index (Phi) is 12.8. The summed E-state index contributed by atoms with van der Waals surface area (Å²) in [7, 11) is 0. The Morgan fingerprint density at radius 2 is 1.43 bits per heavy atom. The Labute approximate surface area is 274 Å². The molecule has 2 rings (SSSR count). The average molecular weight is 659 g/mol. The maximum absolute atomic E-state index is 13.4. The molecular formula is C34H46N2O11. The van der Waals surface area contributed by atoms with Crippen molar-refractivity contribution in [2.45, 2.75) is 104 Å². The number of amides is 2. The van der Waals surface area contributed by atoms with E-state index in [2.05, 4.69) is 10.6 Å². The Hall–Kier alpha value is -4.81. The first-order valence-corrected chi connectivity index (χ1v) is 15.1. The number of ether oxygens (including phenoxy) is 4. The van der Waals surface area contributed by atoms with Crippen LogP contribution < -0.4 is 15.4 Å². The molecule has 2 aromatic carbocycles. The van der Waals surface area contributed by atoms with E-state index in [4.69, 9.17) is 18.9 Å². The molecule has 0 heterocycles. The lowest BCUT2D eigenvalue weighted by Gasteiger charge is -2.26. The van der Waals surface area contributed by atoms with Gasteiger partial charge in [-0.3, -0.25) is 14.9 Å². The third-order valence-corrected chi connectivity index (χ3v) is 5.84. The fraction of sp³-hybridized carbons (Fsp3) is 0.500. The quantitative estimate of drug-likeness (QED) is 0.126. The molecule has 1 unspecified atom stereocenters. The lowest BCUT2D eigenvalue weighted by atomic mass is 10.0. The number of rotatable bonds is 12. The second-order valence-electron chi connectivity index (χ2n) is 13.8. The fourth-order valence-corrected chi connectivity index (χ4v) is 4.15. The zero-order valence-corrected chi connectivity index (χ0v) is 28.4. The summed E-state index contributed by atoms with van der Waals surface area (Å²) >= 11 is 0. The number of nitrogens with one attached hydrogen (secondary N) is 2. The van der Waals surface area contributed by atoms with Crippen LogP contribution in [0.4, 0.5) is 10.5 Å². The van der Waals surface area contributed by atoms with Gasteiger partial charge in [0.25, 0.3) is 5.91 Å². The molecule has 0 aliphatic rings. The van der Waals surface area contributed by atoms with Crippen molar-refractivity contribution in [3.05, 3.63) is 53.1 Å². The molecule has 0 fully saturated rings. The van der Waals surface area contributed by atoms with Gasteiger partial charge in [-0.05, 0) is 111 Å². The summed E-state index contributed by atoms with van der Waals surface area (Å²) in [6.07, 6.45) is -0.733. The Morgan fingerprint density at radius 3 is 2.00 bits per heavy atom. The van der Waals surface area contributed by atoms with Crippen molar-refractivity contribution < 1.29 is 53.1 Å². The Bertz CT molecular complexity index is 1460. The van der Waals surface area contributed by atoms with E-state index in [0.29, 0.717) is 11.3 Å². The van der Waals surface area contributed by atoms with Gasteiger partial charge in [0.1, 0.15) is 22.8 Å². The number of carboxylic acids is 1. The van der Waals surface area contributed by atoms with Crippen LogP contribution in [0.15, 0.2) is 36.4 Å². The molecule has 0 saturated carbocycles. The first-order chi connectivity index (χ1) is 21.5. The molecule has 0 aromatic heterocycles. The molecule has 0 saturated heterocycles. The van der Waals surface area contributed by atoms with Crippen LogP contribution in [0.1, 0.15) is 101 Å². The van der Waals surface area contributed by atoms with E-state index in [1.54, 1.807) is 62.3 Å². The number of aromatic hydroxyl groups is 1. The number of hydrogen-bond donors (Lipinski definition) is 4. The van der Waals surface area contributed by atoms with Crippen molar-refractivity contribution >= 4 is 35.6 Å². The monoisotopic (exact) mass is 658 g/mol. The second kappa shape index (κ2) is 15.7. The molecule has 0 bridgehead atoms. The molecular weight excluding hydrogens is 612 g/mol. The predicted octanol–water partition coefficient (Wildman–Crippen LogP) is 5.62. The number of aromatic carboxylic acids is 1. The molecule has 2 amide bonds. The van der Waals surface area contributed by atoms with Gasteiger partial charge in [0, 0.05) is 5.69 Å². The average Bonchev–Trinajstić information content (AvgIpc) is 2.88. The highest BCUT2D eigenvalue weighted by Crippen LogP contribution is 2.31. The molecule has 0 spiro atoms. The number of para-hydroxylation sites is 1. The number of benzene rings is 2. The van der Waals surface area contributed by atoms with Gasteiger partial charge in [-0.1, -0.05) is 6.07 Å². The van der Waals surface area contributed by atoms with E-state index in [1.807, 2.05) is 0 Å². The van der Waals surface area contributed by atoms with Gasteiger partial charge in [0.15, 0.2) is 11.5 Å². The lowest BCUT2D eigenvalue weighted by molar-refractivity contribution is -0.164. The number of aryl methyl sites for hydroxylation is 1. The fourth-order valence-electron chi connectivity index (χ4n) is 4.15. The van der Waals surface area contributed by atoms with Crippen LogP contribution in [0.5, 0.6) is 11.5 Å². The number of phenols is 1. The normalized spacial score (nSPS) is 12.4. The van der Waals surface area contributed by atoms with E-state index in [9.17, 15) is 34.2 Å². The van der Waals surface area contributed by atoms with Crippen molar-refractivity contribution in [2.24, 2.45) is 0 Å². The third kappa shape index (κ3) is 13.6. The van der Waals surface area contributed by atoms with Crippen LogP contribution in [0, 0.1) is 0 Å². The number of phenolic OH excluding ortho intramolecular Hbond substituents is 1. The summed E-state index contributed by atoms with van der Waals surface area (Å²) in [5.41, 5.74) is -1.79.